The van der Waals surface area contributed by atoms with Crippen LogP contribution in [0, 0.1) is 19.8 Å². The van der Waals surface area contributed by atoms with E-state index in [0.717, 1.165) is 50.0 Å². The standard InChI is InChI=1S/C26H35N5O4S/c1-19-25(20(2)31(27-19)18-24(32)30-16-12-21-9-4-5-11-23(21)30)36(34,35)29-15-8-10-22(17-29)26(33)28-13-6-3-7-14-28/h4-5,9,11,22H,3,6-8,10,12-18H2,1-2H3/t22-/m1/s1. The molecule has 1 aromatic carbocycles. The average Bonchev–Trinajstić information content (AvgIpc) is 3.44. The number of likely N-dealkylation sites (tertiary alicyclic amines) is 1. The number of carbonyl (C=O) groups excluding carboxylic acids is 2. The summed E-state index contributed by atoms with van der Waals surface area (Å²) < 4.78 is 30.4. The summed E-state index contributed by atoms with van der Waals surface area (Å²) in [5.74, 6) is -0.339. The van der Waals surface area contributed by atoms with Crippen LogP contribution in [0.3, 0.4) is 0 Å². The number of hydrogen-bond acceptors (Lipinski definition) is 5. The molecule has 194 valence electrons. The Balaban J connectivity index is 1.33. The maximum absolute atomic E-state index is 13.7. The summed E-state index contributed by atoms with van der Waals surface area (Å²) in [7, 11) is -3.85. The number of amides is 2. The van der Waals surface area contributed by atoms with Crippen molar-refractivity contribution in [3.05, 3.63) is 41.2 Å². The van der Waals surface area contributed by atoms with E-state index < -0.39 is 10.0 Å². The molecule has 3 aliphatic heterocycles. The van der Waals surface area contributed by atoms with Gasteiger partial charge in [-0.05, 0) is 64.0 Å². The normalized spacial score (nSPS) is 21.0. The summed E-state index contributed by atoms with van der Waals surface area (Å²) in [5.41, 5.74) is 2.89. The molecule has 9 nitrogen and oxygen atoms in total. The number of benzene rings is 1. The van der Waals surface area contributed by atoms with Crippen molar-refractivity contribution in [3.63, 3.8) is 0 Å². The van der Waals surface area contributed by atoms with Gasteiger partial charge in [0, 0.05) is 38.4 Å². The van der Waals surface area contributed by atoms with E-state index >= 15 is 0 Å². The highest BCUT2D eigenvalue weighted by molar-refractivity contribution is 7.89. The minimum absolute atomic E-state index is 0.0212. The van der Waals surface area contributed by atoms with E-state index in [1.807, 2.05) is 29.2 Å². The molecule has 1 atom stereocenters. The highest BCUT2D eigenvalue weighted by Gasteiger charge is 2.38. The molecule has 10 heteroatoms. The number of para-hydroxylation sites is 1. The van der Waals surface area contributed by atoms with Gasteiger partial charge in [0.15, 0.2) is 0 Å². The van der Waals surface area contributed by atoms with Crippen molar-refractivity contribution in [2.45, 2.75) is 63.8 Å². The molecule has 5 rings (SSSR count). The molecular weight excluding hydrogens is 478 g/mol. The van der Waals surface area contributed by atoms with Gasteiger partial charge in [-0.3, -0.25) is 14.3 Å². The lowest BCUT2D eigenvalue weighted by Crippen LogP contribution is -2.48. The lowest BCUT2D eigenvalue weighted by Gasteiger charge is -2.35. The lowest BCUT2D eigenvalue weighted by atomic mass is 9.97. The molecule has 0 bridgehead atoms. The van der Waals surface area contributed by atoms with Crippen LogP contribution in [0.4, 0.5) is 5.69 Å². The zero-order valence-electron chi connectivity index (χ0n) is 21.1. The Hall–Kier alpha value is -2.72. The van der Waals surface area contributed by atoms with Crippen LogP contribution in [0.25, 0.3) is 0 Å². The van der Waals surface area contributed by atoms with Crippen molar-refractivity contribution in [1.29, 1.82) is 0 Å². The monoisotopic (exact) mass is 513 g/mol. The predicted molar refractivity (Wildman–Crippen MR) is 136 cm³/mol. The van der Waals surface area contributed by atoms with E-state index in [1.54, 1.807) is 18.7 Å². The Bertz CT molecular complexity index is 1270. The van der Waals surface area contributed by atoms with E-state index in [-0.39, 0.29) is 35.7 Å². The first kappa shape index (κ1) is 25.0. The number of carbonyl (C=O) groups is 2. The van der Waals surface area contributed by atoms with Crippen LogP contribution >= 0.6 is 0 Å². The summed E-state index contributed by atoms with van der Waals surface area (Å²) >= 11 is 0. The number of fused-ring (bicyclic) bond motifs is 1. The highest BCUT2D eigenvalue weighted by Crippen LogP contribution is 2.30. The van der Waals surface area contributed by atoms with Crippen LogP contribution in [-0.2, 0) is 32.6 Å². The van der Waals surface area contributed by atoms with Crippen LogP contribution in [0.2, 0.25) is 0 Å². The molecule has 2 amide bonds. The molecule has 0 saturated carbocycles. The summed E-state index contributed by atoms with van der Waals surface area (Å²) in [6.07, 6.45) is 5.35. The number of sulfonamides is 1. The Morgan fingerprint density at radius 1 is 1.00 bits per heavy atom. The number of nitrogens with zero attached hydrogens (tertiary/aromatic N) is 5. The Labute approximate surface area is 213 Å². The first-order chi connectivity index (χ1) is 17.3. The van der Waals surface area contributed by atoms with E-state index in [1.165, 1.54) is 8.99 Å². The molecule has 36 heavy (non-hydrogen) atoms. The van der Waals surface area contributed by atoms with E-state index in [4.69, 9.17) is 0 Å². The van der Waals surface area contributed by atoms with Crippen molar-refractivity contribution in [3.8, 4) is 0 Å². The molecule has 0 unspecified atom stereocenters. The molecule has 1 aromatic heterocycles. The summed E-state index contributed by atoms with van der Waals surface area (Å²) in [6, 6.07) is 7.85. The number of piperidine rings is 2. The molecular formula is C26H35N5O4S. The first-order valence-electron chi connectivity index (χ1n) is 13.0. The van der Waals surface area contributed by atoms with Crippen LogP contribution in [0.15, 0.2) is 29.2 Å². The summed E-state index contributed by atoms with van der Waals surface area (Å²) in [4.78, 5) is 30.0. The van der Waals surface area contributed by atoms with Gasteiger partial charge in [0.05, 0.1) is 17.3 Å². The van der Waals surface area contributed by atoms with Crippen LogP contribution in [-0.4, -0.2) is 71.9 Å². The Morgan fingerprint density at radius 2 is 1.75 bits per heavy atom. The van der Waals surface area contributed by atoms with Crippen molar-refractivity contribution in [1.82, 2.24) is 19.0 Å². The number of aryl methyl sites for hydroxylation is 1. The summed E-state index contributed by atoms with van der Waals surface area (Å²) in [5, 5.41) is 4.45. The van der Waals surface area contributed by atoms with E-state index in [0.29, 0.717) is 37.3 Å². The predicted octanol–water partition coefficient (Wildman–Crippen LogP) is 2.50. The van der Waals surface area contributed by atoms with E-state index in [9.17, 15) is 18.0 Å². The van der Waals surface area contributed by atoms with Gasteiger partial charge in [0.2, 0.25) is 21.8 Å². The Morgan fingerprint density at radius 3 is 2.53 bits per heavy atom. The second-order valence-corrected chi connectivity index (χ2v) is 12.0. The third-order valence-electron chi connectivity index (χ3n) is 7.79. The molecule has 0 aliphatic carbocycles. The molecule has 4 heterocycles. The molecule has 3 aliphatic rings. The molecule has 2 fully saturated rings. The number of anilines is 1. The third-order valence-corrected chi connectivity index (χ3v) is 9.91. The summed E-state index contributed by atoms with van der Waals surface area (Å²) in [6.45, 7) is 6.09. The first-order valence-corrected chi connectivity index (χ1v) is 14.4. The van der Waals surface area contributed by atoms with Gasteiger partial charge in [-0.15, -0.1) is 0 Å². The molecule has 2 saturated heterocycles. The maximum Gasteiger partial charge on any atom is 0.248 e. The fourth-order valence-corrected chi connectivity index (χ4v) is 7.78. The van der Waals surface area contributed by atoms with Crippen LogP contribution < -0.4 is 4.90 Å². The smallest absolute Gasteiger partial charge is 0.248 e. The fraction of sp³-hybridized carbons (Fsp3) is 0.577. The van der Waals surface area contributed by atoms with Crippen molar-refractivity contribution < 1.29 is 18.0 Å². The SMILES string of the molecule is Cc1nn(CC(=O)N2CCc3ccccc32)c(C)c1S(=O)(=O)N1CCC[C@@H](C(=O)N2CCCCC2)C1. The third kappa shape index (κ3) is 4.56. The van der Waals surface area contributed by atoms with Gasteiger partial charge in [0.1, 0.15) is 11.4 Å². The van der Waals surface area contributed by atoms with Crippen molar-refractivity contribution in [2.24, 2.45) is 5.92 Å². The number of rotatable bonds is 5. The number of hydrogen-bond donors (Lipinski definition) is 0. The van der Waals surface area contributed by atoms with Gasteiger partial charge in [-0.1, -0.05) is 18.2 Å². The molecule has 2 aromatic rings. The lowest BCUT2D eigenvalue weighted by molar-refractivity contribution is -0.137. The second kappa shape index (κ2) is 9.97. The van der Waals surface area contributed by atoms with Crippen molar-refractivity contribution >= 4 is 27.5 Å². The van der Waals surface area contributed by atoms with Gasteiger partial charge in [-0.2, -0.15) is 9.40 Å². The zero-order chi connectivity index (χ0) is 25.4. The van der Waals surface area contributed by atoms with Gasteiger partial charge in [0.25, 0.3) is 0 Å². The topological polar surface area (TPSA) is 95.8 Å². The minimum Gasteiger partial charge on any atom is -0.342 e. The molecule has 0 radical (unpaired) electrons. The minimum atomic E-state index is -3.85. The molecule has 0 N–H and O–H groups in total. The van der Waals surface area contributed by atoms with Gasteiger partial charge in [-0.25, -0.2) is 8.42 Å². The quantitative estimate of drug-likeness (QED) is 0.612. The van der Waals surface area contributed by atoms with Gasteiger partial charge >= 0.3 is 0 Å². The number of aromatic nitrogens is 2. The second-order valence-electron chi connectivity index (χ2n) is 10.2. The maximum atomic E-state index is 13.7. The van der Waals surface area contributed by atoms with Crippen LogP contribution in [0.1, 0.15) is 49.1 Å². The van der Waals surface area contributed by atoms with Gasteiger partial charge < -0.3 is 9.80 Å². The van der Waals surface area contributed by atoms with Crippen LogP contribution in [0.5, 0.6) is 0 Å². The highest BCUT2D eigenvalue weighted by atomic mass is 32.2. The Kier molecular flexibility index (Phi) is 6.91. The fourth-order valence-electron chi connectivity index (χ4n) is 5.88. The zero-order valence-corrected chi connectivity index (χ0v) is 22.0. The molecule has 0 spiro atoms. The van der Waals surface area contributed by atoms with Crippen molar-refractivity contribution in [2.75, 3.05) is 37.6 Å². The largest absolute Gasteiger partial charge is 0.342 e. The average molecular weight is 514 g/mol. The van der Waals surface area contributed by atoms with E-state index in [2.05, 4.69) is 5.10 Å².